The largest absolute Gasteiger partial charge is 0.336 e. The first kappa shape index (κ1) is 25.9. The van der Waals surface area contributed by atoms with Crippen LogP contribution in [0.25, 0.3) is 37.4 Å². The van der Waals surface area contributed by atoms with Crippen LogP contribution in [-0.2, 0) is 6.54 Å². The lowest BCUT2D eigenvalue weighted by atomic mass is 10.1. The molecule has 0 bridgehead atoms. The molecule has 204 valence electrons. The smallest absolute Gasteiger partial charge is 0.253 e. The zero-order valence-electron chi connectivity index (χ0n) is 22.1. The summed E-state index contributed by atoms with van der Waals surface area (Å²) in [5.74, 6) is -0.402. The van der Waals surface area contributed by atoms with E-state index in [1.807, 2.05) is 29.2 Å². The first-order valence-corrected chi connectivity index (χ1v) is 14.7. The summed E-state index contributed by atoms with van der Waals surface area (Å²) in [6.07, 6.45) is 2.19. The maximum absolute atomic E-state index is 13.3. The number of aromatic nitrogens is 2. The van der Waals surface area contributed by atoms with Crippen molar-refractivity contribution in [1.29, 1.82) is 0 Å². The van der Waals surface area contributed by atoms with Gasteiger partial charge in [0.2, 0.25) is 0 Å². The third kappa shape index (κ3) is 5.12. The molecule has 1 amide bonds. The molecule has 0 atom stereocenters. The van der Waals surface area contributed by atoms with Crippen molar-refractivity contribution in [2.45, 2.75) is 6.54 Å². The van der Waals surface area contributed by atoms with Gasteiger partial charge in [-0.1, -0.05) is 41.9 Å². The molecule has 3 aromatic carbocycles. The van der Waals surface area contributed by atoms with Crippen molar-refractivity contribution in [3.05, 3.63) is 119 Å². The highest BCUT2D eigenvalue weighted by atomic mass is 35.5. The Labute approximate surface area is 246 Å². The molecule has 7 rings (SSSR count). The Hall–Kier alpha value is -4.04. The highest BCUT2D eigenvalue weighted by Crippen LogP contribution is 2.35. The van der Waals surface area contributed by atoms with Gasteiger partial charge in [0, 0.05) is 70.2 Å². The van der Waals surface area contributed by atoms with E-state index in [1.54, 1.807) is 23.5 Å². The van der Waals surface area contributed by atoms with Gasteiger partial charge in [-0.05, 0) is 66.0 Å². The number of benzene rings is 3. The van der Waals surface area contributed by atoms with Crippen LogP contribution in [0.5, 0.6) is 0 Å². The standard InChI is InChI=1S/C33H26ClFN4OS/c34-26-10-5-22(6-11-26)32-28(21-37-15-17-38(18-16-37)33(40)23-7-12-27(35)13-8-23)39-20-25(9-14-31(39)36-32)30-19-24-3-1-2-4-29(24)41-30/h1-14,19-20H,15-18,21H2. The highest BCUT2D eigenvalue weighted by Gasteiger charge is 2.25. The minimum Gasteiger partial charge on any atom is -0.336 e. The van der Waals surface area contributed by atoms with Gasteiger partial charge in [-0.15, -0.1) is 11.3 Å². The molecule has 0 unspecified atom stereocenters. The van der Waals surface area contributed by atoms with Gasteiger partial charge < -0.3 is 9.30 Å². The Morgan fingerprint density at radius 2 is 1.61 bits per heavy atom. The van der Waals surface area contributed by atoms with Crippen molar-refractivity contribution in [1.82, 2.24) is 19.2 Å². The van der Waals surface area contributed by atoms with Crippen molar-refractivity contribution in [3.8, 4) is 21.7 Å². The van der Waals surface area contributed by atoms with Crippen LogP contribution in [0.2, 0.25) is 5.02 Å². The summed E-state index contributed by atoms with van der Waals surface area (Å²) in [5.41, 5.74) is 5.60. The number of imidazole rings is 1. The fraction of sp³-hybridized carbons (Fsp3) is 0.152. The predicted molar refractivity (Wildman–Crippen MR) is 164 cm³/mol. The number of halogens is 2. The van der Waals surface area contributed by atoms with E-state index < -0.39 is 0 Å². The van der Waals surface area contributed by atoms with Crippen LogP contribution in [0.3, 0.4) is 0 Å². The van der Waals surface area contributed by atoms with Crippen molar-refractivity contribution < 1.29 is 9.18 Å². The number of hydrogen-bond donors (Lipinski definition) is 0. The van der Waals surface area contributed by atoms with E-state index in [2.05, 4.69) is 58.0 Å². The Balaban J connectivity index is 1.20. The monoisotopic (exact) mass is 580 g/mol. The van der Waals surface area contributed by atoms with Crippen LogP contribution in [0.1, 0.15) is 16.1 Å². The summed E-state index contributed by atoms with van der Waals surface area (Å²) < 4.78 is 16.8. The van der Waals surface area contributed by atoms with Gasteiger partial charge >= 0.3 is 0 Å². The Morgan fingerprint density at radius 1 is 0.878 bits per heavy atom. The summed E-state index contributed by atoms with van der Waals surface area (Å²) in [5, 5.41) is 1.93. The molecule has 3 aromatic heterocycles. The average Bonchev–Trinajstić information content (AvgIpc) is 3.59. The molecule has 0 radical (unpaired) electrons. The van der Waals surface area contributed by atoms with Gasteiger partial charge in [0.1, 0.15) is 11.5 Å². The zero-order valence-corrected chi connectivity index (χ0v) is 23.7. The SMILES string of the molecule is O=C(c1ccc(F)cc1)N1CCN(Cc2c(-c3ccc(Cl)cc3)nc3ccc(-c4cc5ccccc5s4)cn23)CC1. The van der Waals surface area contributed by atoms with E-state index in [1.165, 1.54) is 27.1 Å². The van der Waals surface area contributed by atoms with Crippen molar-refractivity contribution in [2.24, 2.45) is 0 Å². The molecular weight excluding hydrogens is 555 g/mol. The van der Waals surface area contributed by atoms with Crippen LogP contribution < -0.4 is 0 Å². The molecule has 4 heterocycles. The van der Waals surface area contributed by atoms with Crippen LogP contribution in [0, 0.1) is 5.82 Å². The van der Waals surface area contributed by atoms with E-state index in [0.717, 1.165) is 41.3 Å². The highest BCUT2D eigenvalue weighted by molar-refractivity contribution is 7.22. The molecule has 41 heavy (non-hydrogen) atoms. The molecule has 0 spiro atoms. The minimum absolute atomic E-state index is 0.0608. The maximum atomic E-state index is 13.3. The first-order valence-electron chi connectivity index (χ1n) is 13.5. The van der Waals surface area contributed by atoms with Crippen LogP contribution in [0.15, 0.2) is 97.2 Å². The van der Waals surface area contributed by atoms with Gasteiger partial charge in [-0.25, -0.2) is 9.37 Å². The molecule has 6 aromatic rings. The lowest BCUT2D eigenvalue weighted by Crippen LogP contribution is -2.48. The fourth-order valence-corrected chi connectivity index (χ4v) is 6.63. The molecule has 0 aliphatic carbocycles. The fourth-order valence-electron chi connectivity index (χ4n) is 5.45. The van der Waals surface area contributed by atoms with E-state index in [-0.39, 0.29) is 11.7 Å². The average molecular weight is 581 g/mol. The van der Waals surface area contributed by atoms with Gasteiger partial charge in [0.25, 0.3) is 5.91 Å². The summed E-state index contributed by atoms with van der Waals surface area (Å²) in [4.78, 5) is 23.4. The number of pyridine rings is 1. The molecule has 8 heteroatoms. The van der Waals surface area contributed by atoms with Gasteiger partial charge in [-0.3, -0.25) is 9.69 Å². The third-order valence-corrected chi connectivity index (χ3v) is 9.09. The second kappa shape index (κ2) is 10.7. The maximum Gasteiger partial charge on any atom is 0.253 e. The number of rotatable bonds is 5. The van der Waals surface area contributed by atoms with Gasteiger partial charge in [0.15, 0.2) is 0 Å². The molecule has 0 saturated carbocycles. The molecule has 5 nitrogen and oxygen atoms in total. The Morgan fingerprint density at radius 3 is 2.37 bits per heavy atom. The normalized spacial score (nSPS) is 14.2. The minimum atomic E-state index is -0.341. The first-order chi connectivity index (χ1) is 20.0. The van der Waals surface area contributed by atoms with Gasteiger partial charge in [-0.2, -0.15) is 0 Å². The number of nitrogens with zero attached hydrogens (tertiary/aromatic N) is 4. The van der Waals surface area contributed by atoms with E-state index in [4.69, 9.17) is 16.6 Å². The summed E-state index contributed by atoms with van der Waals surface area (Å²) in [6, 6.07) is 28.5. The number of thiophene rings is 1. The predicted octanol–water partition coefficient (Wildman–Crippen LogP) is 7.63. The zero-order chi connectivity index (χ0) is 27.9. The van der Waals surface area contributed by atoms with E-state index in [9.17, 15) is 9.18 Å². The van der Waals surface area contributed by atoms with Crippen LogP contribution in [-0.4, -0.2) is 51.3 Å². The van der Waals surface area contributed by atoms with Gasteiger partial charge in [0.05, 0.1) is 11.4 Å². The number of carbonyl (C=O) groups is 1. The summed E-state index contributed by atoms with van der Waals surface area (Å²) in [6.45, 7) is 3.37. The van der Waals surface area contributed by atoms with Crippen LogP contribution >= 0.6 is 22.9 Å². The second-order valence-electron chi connectivity index (χ2n) is 10.3. The third-order valence-electron chi connectivity index (χ3n) is 7.67. The van der Waals surface area contributed by atoms with Crippen LogP contribution in [0.4, 0.5) is 4.39 Å². The lowest BCUT2D eigenvalue weighted by molar-refractivity contribution is 0.0627. The molecule has 1 fully saturated rings. The second-order valence-corrected chi connectivity index (χ2v) is 11.8. The number of piperazine rings is 1. The topological polar surface area (TPSA) is 40.9 Å². The molecule has 1 saturated heterocycles. The van der Waals surface area contributed by atoms with Crippen molar-refractivity contribution in [3.63, 3.8) is 0 Å². The number of hydrogen-bond acceptors (Lipinski definition) is 4. The van der Waals surface area contributed by atoms with Crippen molar-refractivity contribution >= 4 is 44.6 Å². The summed E-state index contributed by atoms with van der Waals surface area (Å²) >= 11 is 7.99. The van der Waals surface area contributed by atoms with E-state index in [0.29, 0.717) is 30.2 Å². The molecule has 0 N–H and O–H groups in total. The summed E-state index contributed by atoms with van der Waals surface area (Å²) in [7, 11) is 0. The molecular formula is C33H26ClFN4OS. The number of carbonyl (C=O) groups excluding carboxylic acids is 1. The van der Waals surface area contributed by atoms with E-state index >= 15 is 0 Å². The Kier molecular flexibility index (Phi) is 6.79. The molecule has 1 aliphatic heterocycles. The molecule has 1 aliphatic rings. The number of amides is 1. The Bertz CT molecular complexity index is 1840. The van der Waals surface area contributed by atoms with Crippen molar-refractivity contribution in [2.75, 3.05) is 26.2 Å². The quantitative estimate of drug-likeness (QED) is 0.210. The number of fused-ring (bicyclic) bond motifs is 2. The lowest BCUT2D eigenvalue weighted by Gasteiger charge is -2.34.